The van der Waals surface area contributed by atoms with Crippen LogP contribution in [0.5, 0.6) is 11.6 Å². The van der Waals surface area contributed by atoms with Crippen LogP contribution in [0.25, 0.3) is 10.9 Å². The van der Waals surface area contributed by atoms with Crippen LogP contribution in [0.4, 0.5) is 11.4 Å². The molecule has 5 N–H and O–H groups in total. The van der Waals surface area contributed by atoms with Crippen molar-refractivity contribution in [2.24, 2.45) is 5.73 Å². The van der Waals surface area contributed by atoms with Crippen LogP contribution >= 0.6 is 0 Å². The lowest BCUT2D eigenvalue weighted by Crippen LogP contribution is -2.26. The van der Waals surface area contributed by atoms with Crippen LogP contribution in [-0.4, -0.2) is 46.2 Å². The zero-order chi connectivity index (χ0) is 25.9. The van der Waals surface area contributed by atoms with Crippen LogP contribution in [0.15, 0.2) is 78.0 Å². The number of nitrogens with one attached hydrogen (secondary N) is 2. The Balaban J connectivity index is 0.000000303. The number of ether oxygens (including phenoxy) is 2. The minimum atomic E-state index is -1.36. The van der Waals surface area contributed by atoms with Gasteiger partial charge in [0.25, 0.3) is 0 Å². The summed E-state index contributed by atoms with van der Waals surface area (Å²) in [5.74, 6) is 1.35. The van der Waals surface area contributed by atoms with Crippen molar-refractivity contribution in [1.82, 2.24) is 14.7 Å². The number of hydrogen-bond donors (Lipinski definition) is 4. The first-order valence-corrected chi connectivity index (χ1v) is 12.4. The summed E-state index contributed by atoms with van der Waals surface area (Å²) in [6, 6.07) is 18.7. The molecule has 0 fully saturated rings. The van der Waals surface area contributed by atoms with Gasteiger partial charge in [-0.25, -0.2) is 13.9 Å². The third kappa shape index (κ3) is 7.46. The second kappa shape index (κ2) is 13.5. The number of hydrogen-bond acceptors (Lipinski definition) is 8. The van der Waals surface area contributed by atoms with Gasteiger partial charge in [-0.1, -0.05) is 12.1 Å². The predicted octanol–water partition coefficient (Wildman–Crippen LogP) is 3.53. The van der Waals surface area contributed by atoms with Gasteiger partial charge in [0.1, 0.15) is 22.3 Å². The van der Waals surface area contributed by atoms with Gasteiger partial charge in [0.15, 0.2) is 0 Å². The smallest absolute Gasteiger partial charge is 0.240 e. The Morgan fingerprint density at radius 3 is 2.28 bits per heavy atom. The van der Waals surface area contributed by atoms with Crippen molar-refractivity contribution < 1.29 is 18.8 Å². The lowest BCUT2D eigenvalue weighted by Gasteiger charge is -2.11. The summed E-state index contributed by atoms with van der Waals surface area (Å²) in [6.07, 6.45) is 2.82. The number of rotatable bonds is 9. The number of anilines is 2. The summed E-state index contributed by atoms with van der Waals surface area (Å²) in [5.41, 5.74) is 8.93. The van der Waals surface area contributed by atoms with E-state index >= 15 is 0 Å². The number of fused-ring (bicyclic) bond motifs is 1. The molecule has 2 aromatic heterocycles. The number of aliphatic hydroxyl groups is 1. The second-order valence-corrected chi connectivity index (χ2v) is 9.04. The van der Waals surface area contributed by atoms with Gasteiger partial charge in [-0.05, 0) is 61.0 Å². The molecule has 0 aliphatic carbocycles. The van der Waals surface area contributed by atoms with Gasteiger partial charge >= 0.3 is 0 Å². The summed E-state index contributed by atoms with van der Waals surface area (Å²) in [6.45, 7) is 2.50. The fraction of sp³-hybridized carbons (Fsp3) is 0.231. The molecular formula is C26H31N5O4S. The van der Waals surface area contributed by atoms with Crippen LogP contribution in [0.3, 0.4) is 0 Å². The molecular weight excluding hydrogens is 478 g/mol. The number of nitrogens with zero attached hydrogens (tertiary/aromatic N) is 2. The molecule has 0 saturated heterocycles. The van der Waals surface area contributed by atoms with E-state index in [1.54, 1.807) is 45.7 Å². The van der Waals surface area contributed by atoms with Crippen LogP contribution in [0.1, 0.15) is 12.5 Å². The van der Waals surface area contributed by atoms with E-state index in [1.165, 1.54) is 0 Å². The van der Waals surface area contributed by atoms with E-state index < -0.39 is 17.1 Å². The molecule has 4 rings (SSSR count). The summed E-state index contributed by atoms with van der Waals surface area (Å²) in [4.78, 5) is 9.13. The second-order valence-electron chi connectivity index (χ2n) is 7.74. The monoisotopic (exact) mass is 509 g/mol. The Kier molecular flexibility index (Phi) is 10.1. The maximum absolute atomic E-state index is 12.1. The number of nitrogens with two attached hydrogens (primary N) is 1. The molecule has 0 aliphatic heterocycles. The first-order chi connectivity index (χ1) is 17.4. The van der Waals surface area contributed by atoms with Crippen molar-refractivity contribution in [3.05, 3.63) is 78.6 Å². The molecule has 2 unspecified atom stereocenters. The Morgan fingerprint density at radius 2 is 1.67 bits per heavy atom. The van der Waals surface area contributed by atoms with Crippen molar-refractivity contribution in [3.8, 4) is 11.6 Å². The van der Waals surface area contributed by atoms with E-state index in [2.05, 4.69) is 20.0 Å². The molecule has 10 heteroatoms. The minimum absolute atomic E-state index is 0.269. The maximum Gasteiger partial charge on any atom is 0.240 e. The van der Waals surface area contributed by atoms with Crippen molar-refractivity contribution in [1.29, 1.82) is 0 Å². The lowest BCUT2D eigenvalue weighted by molar-refractivity contribution is 0.199. The zero-order valence-electron chi connectivity index (χ0n) is 20.5. The minimum Gasteiger partial charge on any atom is -0.497 e. The number of pyridine rings is 2. The highest BCUT2D eigenvalue weighted by Gasteiger charge is 2.09. The van der Waals surface area contributed by atoms with E-state index in [0.717, 1.165) is 28.1 Å². The molecule has 190 valence electrons. The summed E-state index contributed by atoms with van der Waals surface area (Å²) in [7, 11) is 1.86. The van der Waals surface area contributed by atoms with Gasteiger partial charge in [-0.3, -0.25) is 4.98 Å². The first-order valence-electron chi connectivity index (χ1n) is 11.3. The Bertz CT molecular complexity index is 1240. The molecule has 36 heavy (non-hydrogen) atoms. The predicted molar refractivity (Wildman–Crippen MR) is 143 cm³/mol. The van der Waals surface area contributed by atoms with Crippen molar-refractivity contribution in [2.45, 2.75) is 24.5 Å². The average molecular weight is 510 g/mol. The lowest BCUT2D eigenvalue weighted by atomic mass is 10.2. The first kappa shape index (κ1) is 27.0. The van der Waals surface area contributed by atoms with Crippen molar-refractivity contribution in [2.75, 3.05) is 26.1 Å². The average Bonchev–Trinajstić information content (AvgIpc) is 2.92. The van der Waals surface area contributed by atoms with Crippen molar-refractivity contribution >= 4 is 33.3 Å². The van der Waals surface area contributed by atoms with E-state index in [9.17, 15) is 9.32 Å². The van der Waals surface area contributed by atoms with Crippen LogP contribution in [0, 0.1) is 0 Å². The van der Waals surface area contributed by atoms with Crippen LogP contribution < -0.4 is 25.2 Å². The molecule has 0 spiro atoms. The van der Waals surface area contributed by atoms with E-state index in [4.69, 9.17) is 15.2 Å². The molecule has 2 atom stereocenters. The quantitative estimate of drug-likeness (QED) is 0.269. The van der Waals surface area contributed by atoms with Gasteiger partial charge in [-0.15, -0.1) is 0 Å². The zero-order valence-corrected chi connectivity index (χ0v) is 21.3. The van der Waals surface area contributed by atoms with Gasteiger partial charge in [-0.2, -0.15) is 0 Å². The summed E-state index contributed by atoms with van der Waals surface area (Å²) >= 11 is 0. The molecule has 0 amide bonds. The Labute approximate surface area is 213 Å². The van der Waals surface area contributed by atoms with Crippen LogP contribution in [-0.2, 0) is 17.5 Å². The fourth-order valence-corrected chi connectivity index (χ4v) is 4.11. The normalized spacial score (nSPS) is 12.2. The number of aromatic nitrogens is 2. The van der Waals surface area contributed by atoms with Crippen LogP contribution in [0.2, 0.25) is 0 Å². The van der Waals surface area contributed by atoms with Gasteiger partial charge < -0.3 is 25.6 Å². The SMILES string of the molecule is COc1ccc(CN)cc1.COc1nccc2c(Nc3ccc(S(=O)NCC(C)O)cc3)ccnc12. The van der Waals surface area contributed by atoms with Gasteiger partial charge in [0.05, 0.1) is 25.2 Å². The highest BCUT2D eigenvalue weighted by molar-refractivity contribution is 7.83. The molecule has 2 heterocycles. The largest absolute Gasteiger partial charge is 0.497 e. The maximum atomic E-state index is 12.1. The van der Waals surface area contributed by atoms with Gasteiger partial charge in [0, 0.05) is 42.2 Å². The summed E-state index contributed by atoms with van der Waals surface area (Å²) < 4.78 is 25.1. The highest BCUT2D eigenvalue weighted by Crippen LogP contribution is 2.29. The van der Waals surface area contributed by atoms with E-state index in [1.807, 2.05) is 48.5 Å². The fourth-order valence-electron chi connectivity index (χ4n) is 3.17. The standard InChI is InChI=1S/C18H20N4O3S.C8H11NO/c1-12(23)11-21-26(24)14-5-3-13(4-6-14)22-16-8-10-19-17-15(16)7-9-20-18(17)25-2;1-10-8-4-2-7(6-9)3-5-8/h3-10,12,21,23H,11H2,1-2H3,(H,19,22);2-5H,6,9H2,1H3. The molecule has 0 saturated carbocycles. The summed E-state index contributed by atoms with van der Waals surface area (Å²) in [5, 5.41) is 13.5. The molecule has 2 aromatic carbocycles. The Morgan fingerprint density at radius 1 is 0.972 bits per heavy atom. The number of aliphatic hydroxyl groups excluding tert-OH is 1. The molecule has 0 aliphatic rings. The number of methoxy groups -OCH3 is 2. The third-order valence-corrected chi connectivity index (χ3v) is 6.20. The van der Waals surface area contributed by atoms with Gasteiger partial charge in [0.2, 0.25) is 5.88 Å². The Hall–Kier alpha value is -3.57. The third-order valence-electron chi connectivity index (χ3n) is 5.07. The van der Waals surface area contributed by atoms with Crippen molar-refractivity contribution in [3.63, 3.8) is 0 Å². The van der Waals surface area contributed by atoms with E-state index in [-0.39, 0.29) is 6.54 Å². The highest BCUT2D eigenvalue weighted by atomic mass is 32.2. The molecule has 4 aromatic rings. The molecule has 0 radical (unpaired) electrons. The topological polar surface area (TPSA) is 132 Å². The molecule has 0 bridgehead atoms. The molecule has 9 nitrogen and oxygen atoms in total. The number of benzene rings is 2. The van der Waals surface area contributed by atoms with E-state index in [0.29, 0.717) is 22.8 Å².